The quantitative estimate of drug-likeness (QED) is 0.663. The largest absolute Gasteiger partial charge is 0.755 e. The highest BCUT2D eigenvalue weighted by Gasteiger charge is 2.25. The number of carbonyl (C=O) groups is 1. The van der Waals surface area contributed by atoms with Gasteiger partial charge in [0.2, 0.25) is 5.71 Å². The minimum absolute atomic E-state index is 0.131. The zero-order chi connectivity index (χ0) is 20.5. The van der Waals surface area contributed by atoms with Crippen molar-refractivity contribution in [2.75, 3.05) is 17.9 Å². The molecule has 0 saturated heterocycles. The van der Waals surface area contributed by atoms with E-state index in [0.29, 0.717) is 29.5 Å². The summed E-state index contributed by atoms with van der Waals surface area (Å²) in [5.74, 6) is -0.316. The fourth-order valence-electron chi connectivity index (χ4n) is 3.32. The second-order valence-corrected chi connectivity index (χ2v) is 7.38. The zero-order valence-electron chi connectivity index (χ0n) is 15.5. The van der Waals surface area contributed by atoms with Crippen molar-refractivity contribution < 1.29 is 22.4 Å². The summed E-state index contributed by atoms with van der Waals surface area (Å²) in [6.07, 6.45) is 5.11. The van der Waals surface area contributed by atoms with Crippen LogP contribution in [0.2, 0.25) is 0 Å². The van der Waals surface area contributed by atoms with Gasteiger partial charge in [0.1, 0.15) is 11.6 Å². The van der Waals surface area contributed by atoms with Crippen LogP contribution in [0.25, 0.3) is 28.5 Å². The van der Waals surface area contributed by atoms with Crippen LogP contribution in [0.3, 0.4) is 0 Å². The van der Waals surface area contributed by atoms with Crippen LogP contribution >= 0.6 is 0 Å². The van der Waals surface area contributed by atoms with Crippen LogP contribution in [0, 0.1) is 5.82 Å². The highest BCUT2D eigenvalue weighted by Crippen LogP contribution is 2.36. The number of furan rings is 1. The highest BCUT2D eigenvalue weighted by molar-refractivity contribution is 7.80. The van der Waals surface area contributed by atoms with E-state index in [0.717, 1.165) is 6.42 Å². The first-order valence-electron chi connectivity index (χ1n) is 8.98. The van der Waals surface area contributed by atoms with E-state index in [1.54, 1.807) is 12.1 Å². The molecule has 3 heterocycles. The highest BCUT2D eigenvalue weighted by atomic mass is 32.2. The molecular weight excluding hydrogens is 397 g/mol. The van der Waals surface area contributed by atoms with Crippen LogP contribution in [0.15, 0.2) is 40.8 Å². The molecule has 1 aliphatic rings. The maximum Gasteiger partial charge on any atom is 0.255 e. The van der Waals surface area contributed by atoms with Crippen LogP contribution in [-0.2, 0) is 11.3 Å². The van der Waals surface area contributed by atoms with E-state index in [1.807, 2.05) is 6.08 Å². The standard InChI is InChI=1S/C20H18FN3O4S/c1-22-19(25)16-15-11-13-5-3-2-4-10-24(29(26)27)18(13)23-20(15)28-17(16)12-6-8-14(21)9-7-12/h3,5-9,11H,2,4,10H2,1H3,(H,22,25)(H,26,27)/p-1/b5-3-. The Morgan fingerprint density at radius 1 is 1.34 bits per heavy atom. The fraction of sp³-hybridized carbons (Fsp3) is 0.200. The number of amides is 1. The molecule has 1 aromatic carbocycles. The number of nitrogens with zero attached hydrogens (tertiary/aromatic N) is 2. The summed E-state index contributed by atoms with van der Waals surface area (Å²) in [6.45, 7) is 0.291. The average molecular weight is 414 g/mol. The van der Waals surface area contributed by atoms with Crippen LogP contribution in [0.4, 0.5) is 10.2 Å². The van der Waals surface area contributed by atoms with E-state index < -0.39 is 17.1 Å². The van der Waals surface area contributed by atoms with Gasteiger partial charge in [-0.3, -0.25) is 13.3 Å². The molecule has 3 aromatic rings. The molecule has 1 amide bonds. The first-order chi connectivity index (χ1) is 14.0. The van der Waals surface area contributed by atoms with Crippen LogP contribution in [0.1, 0.15) is 28.8 Å². The Bertz CT molecular complexity index is 1140. The minimum atomic E-state index is -2.50. The van der Waals surface area contributed by atoms with Gasteiger partial charge in [0.05, 0.1) is 10.9 Å². The number of halogens is 1. The molecule has 0 fully saturated rings. The average Bonchev–Trinajstić information content (AvgIpc) is 3.06. The summed E-state index contributed by atoms with van der Waals surface area (Å²) in [4.78, 5) is 17.0. The molecule has 2 aromatic heterocycles. The number of rotatable bonds is 3. The second kappa shape index (κ2) is 7.76. The molecule has 150 valence electrons. The molecule has 0 bridgehead atoms. The molecule has 1 N–H and O–H groups in total. The summed E-state index contributed by atoms with van der Waals surface area (Å²) >= 11 is -2.50. The number of anilines is 1. The van der Waals surface area contributed by atoms with Gasteiger partial charge in [0.25, 0.3) is 5.91 Å². The van der Waals surface area contributed by atoms with E-state index in [2.05, 4.69) is 10.3 Å². The van der Waals surface area contributed by atoms with E-state index in [1.165, 1.54) is 35.6 Å². The SMILES string of the molecule is CNC(=O)c1c(-c2ccc(F)cc2)oc2nc3c(cc12)/C=C\CCCN3S(=O)[O-]. The molecule has 0 aliphatic carbocycles. The fourth-order valence-corrected chi connectivity index (χ4v) is 3.89. The van der Waals surface area contributed by atoms with Gasteiger partial charge in [-0.05, 0) is 43.2 Å². The third-order valence-corrected chi connectivity index (χ3v) is 5.41. The molecule has 1 atom stereocenters. The topological polar surface area (TPSA) is 98.5 Å². The molecule has 7 nitrogen and oxygen atoms in total. The van der Waals surface area contributed by atoms with Crippen LogP contribution in [-0.4, -0.2) is 33.2 Å². The van der Waals surface area contributed by atoms with Crippen molar-refractivity contribution >= 4 is 40.2 Å². The number of nitrogens with one attached hydrogen (secondary N) is 1. The number of fused-ring (bicyclic) bond motifs is 2. The second-order valence-electron chi connectivity index (χ2n) is 6.51. The molecule has 1 aliphatic heterocycles. The van der Waals surface area contributed by atoms with Gasteiger partial charge in [0.15, 0.2) is 5.82 Å². The first-order valence-corrected chi connectivity index (χ1v) is 10.0. The van der Waals surface area contributed by atoms with Crippen molar-refractivity contribution in [1.29, 1.82) is 0 Å². The number of aromatic nitrogens is 1. The van der Waals surface area contributed by atoms with Gasteiger partial charge >= 0.3 is 0 Å². The Morgan fingerprint density at radius 3 is 2.79 bits per heavy atom. The van der Waals surface area contributed by atoms with Gasteiger partial charge in [-0.2, -0.15) is 4.98 Å². The van der Waals surface area contributed by atoms with Crippen molar-refractivity contribution in [3.05, 3.63) is 53.4 Å². The number of pyridine rings is 1. The number of benzene rings is 1. The van der Waals surface area contributed by atoms with Crippen LogP contribution < -0.4 is 9.62 Å². The van der Waals surface area contributed by atoms with Crippen molar-refractivity contribution in [3.63, 3.8) is 0 Å². The minimum Gasteiger partial charge on any atom is -0.755 e. The van der Waals surface area contributed by atoms with E-state index in [-0.39, 0.29) is 28.8 Å². The summed E-state index contributed by atoms with van der Waals surface area (Å²) < 4.78 is 43.8. The summed E-state index contributed by atoms with van der Waals surface area (Å²) in [5.41, 5.74) is 1.47. The van der Waals surface area contributed by atoms with Crippen molar-refractivity contribution in [1.82, 2.24) is 10.3 Å². The molecule has 0 radical (unpaired) electrons. The summed E-state index contributed by atoms with van der Waals surface area (Å²) in [7, 11) is 1.50. The Hall–Kier alpha value is -3.04. The van der Waals surface area contributed by atoms with E-state index in [9.17, 15) is 17.9 Å². The van der Waals surface area contributed by atoms with Gasteiger partial charge in [-0.1, -0.05) is 12.2 Å². The Kier molecular flexibility index (Phi) is 5.16. The van der Waals surface area contributed by atoms with Crippen molar-refractivity contribution in [3.8, 4) is 11.3 Å². The normalized spacial score (nSPS) is 16.0. The molecule has 0 saturated carbocycles. The maximum atomic E-state index is 13.3. The predicted molar refractivity (Wildman–Crippen MR) is 107 cm³/mol. The van der Waals surface area contributed by atoms with E-state index >= 15 is 0 Å². The number of hydrogen-bond donors (Lipinski definition) is 1. The van der Waals surface area contributed by atoms with Gasteiger partial charge in [-0.25, -0.2) is 4.39 Å². The lowest BCUT2D eigenvalue weighted by Crippen LogP contribution is -2.28. The van der Waals surface area contributed by atoms with Gasteiger partial charge in [0, 0.05) is 36.0 Å². The maximum absolute atomic E-state index is 13.3. The van der Waals surface area contributed by atoms with Gasteiger partial charge in [-0.15, -0.1) is 0 Å². The van der Waals surface area contributed by atoms with Crippen LogP contribution in [0.5, 0.6) is 0 Å². The third-order valence-electron chi connectivity index (χ3n) is 4.70. The Morgan fingerprint density at radius 2 is 2.10 bits per heavy atom. The monoisotopic (exact) mass is 414 g/mol. The number of carbonyl (C=O) groups excluding carboxylic acids is 1. The third kappa shape index (κ3) is 3.54. The zero-order valence-corrected chi connectivity index (χ0v) is 16.3. The predicted octanol–water partition coefficient (Wildman–Crippen LogP) is 3.40. The van der Waals surface area contributed by atoms with Gasteiger partial charge < -0.3 is 14.3 Å². The van der Waals surface area contributed by atoms with E-state index in [4.69, 9.17) is 4.42 Å². The molecule has 29 heavy (non-hydrogen) atoms. The lowest BCUT2D eigenvalue weighted by Gasteiger charge is -2.27. The molecule has 4 rings (SSSR count). The Balaban J connectivity index is 2.00. The number of hydrogen-bond acceptors (Lipinski definition) is 5. The summed E-state index contributed by atoms with van der Waals surface area (Å²) in [6, 6.07) is 7.26. The first kappa shape index (κ1) is 19.3. The van der Waals surface area contributed by atoms with Crippen molar-refractivity contribution in [2.45, 2.75) is 12.8 Å². The molecule has 1 unspecified atom stereocenters. The van der Waals surface area contributed by atoms with Crippen molar-refractivity contribution in [2.24, 2.45) is 0 Å². The summed E-state index contributed by atoms with van der Waals surface area (Å²) in [5, 5.41) is 3.03. The number of allylic oxidation sites excluding steroid dienone is 1. The lowest BCUT2D eigenvalue weighted by molar-refractivity contribution is 0.0964. The molecular formula is C20H17FN3O4S-. The smallest absolute Gasteiger partial charge is 0.255 e. The molecule has 0 spiro atoms. The lowest BCUT2D eigenvalue weighted by atomic mass is 10.0. The molecule has 9 heteroatoms. The Labute approximate surface area is 168 Å².